The standard InChI is InChI=1S/C20H20F2NO2P/c1-12-5-4-10-23(12)18(24)13-8-9-15-14-6-2-3-7-16(14)19(25,17(15)11-13)20(21,22)26/h2-3,6-9,11-12,25H,4-5,10,26H2,1H3. The van der Waals surface area contributed by atoms with Gasteiger partial charge in [0.1, 0.15) is 0 Å². The van der Waals surface area contributed by atoms with E-state index in [4.69, 9.17) is 0 Å². The number of alkyl halides is 2. The molecule has 2 aliphatic rings. The molecule has 1 saturated heterocycles. The number of carbonyl (C=O) groups excluding carboxylic acids is 1. The summed E-state index contributed by atoms with van der Waals surface area (Å²) in [5.41, 5.74) is -4.27. The molecule has 1 aliphatic heterocycles. The second kappa shape index (κ2) is 5.83. The number of carbonyl (C=O) groups is 1. The summed E-state index contributed by atoms with van der Waals surface area (Å²) >= 11 is 0. The lowest BCUT2D eigenvalue weighted by atomic mass is 9.90. The van der Waals surface area contributed by atoms with E-state index in [0.717, 1.165) is 12.8 Å². The van der Waals surface area contributed by atoms with E-state index in [1.54, 1.807) is 35.2 Å². The molecular weight excluding hydrogens is 355 g/mol. The molecule has 0 aromatic heterocycles. The Kier molecular flexibility index (Phi) is 3.94. The number of benzene rings is 2. The molecular formula is C20H20F2NO2P. The summed E-state index contributed by atoms with van der Waals surface area (Å²) in [6, 6.07) is 11.5. The Labute approximate surface area is 153 Å². The van der Waals surface area contributed by atoms with Crippen LogP contribution in [0, 0.1) is 0 Å². The highest BCUT2D eigenvalue weighted by molar-refractivity contribution is 7.18. The Hall–Kier alpha value is -1.84. The van der Waals surface area contributed by atoms with E-state index >= 15 is 0 Å². The fourth-order valence-electron chi connectivity index (χ4n) is 4.15. The third-order valence-corrected chi connectivity index (χ3v) is 5.98. The zero-order chi connectivity index (χ0) is 18.7. The van der Waals surface area contributed by atoms with Gasteiger partial charge in [0.05, 0.1) is 0 Å². The Bertz CT molecular complexity index is 896. The van der Waals surface area contributed by atoms with Crippen LogP contribution in [-0.2, 0) is 5.60 Å². The molecule has 2 aromatic carbocycles. The second-order valence-electron chi connectivity index (χ2n) is 7.13. The lowest BCUT2D eigenvalue weighted by Gasteiger charge is -2.32. The van der Waals surface area contributed by atoms with Gasteiger partial charge in [-0.05, 0) is 43.0 Å². The maximum atomic E-state index is 14.5. The van der Waals surface area contributed by atoms with Gasteiger partial charge >= 0.3 is 0 Å². The van der Waals surface area contributed by atoms with E-state index in [9.17, 15) is 18.7 Å². The van der Waals surface area contributed by atoms with Crippen LogP contribution in [0.4, 0.5) is 8.78 Å². The van der Waals surface area contributed by atoms with Crippen molar-refractivity contribution in [2.75, 3.05) is 6.54 Å². The predicted molar refractivity (Wildman–Crippen MR) is 99.3 cm³/mol. The van der Waals surface area contributed by atoms with Crippen molar-refractivity contribution < 1.29 is 18.7 Å². The molecule has 4 rings (SSSR count). The number of hydrogen-bond acceptors (Lipinski definition) is 2. The average molecular weight is 375 g/mol. The smallest absolute Gasteiger partial charge is 0.295 e. The van der Waals surface area contributed by atoms with Crippen molar-refractivity contribution in [3.05, 3.63) is 59.2 Å². The summed E-state index contributed by atoms with van der Waals surface area (Å²) in [4.78, 5) is 14.6. The van der Waals surface area contributed by atoms with E-state index in [2.05, 4.69) is 0 Å². The molecule has 1 fully saturated rings. The van der Waals surface area contributed by atoms with E-state index < -0.39 is 11.3 Å². The van der Waals surface area contributed by atoms with Crippen LogP contribution in [0.25, 0.3) is 11.1 Å². The van der Waals surface area contributed by atoms with Crippen LogP contribution >= 0.6 is 9.24 Å². The number of halogens is 2. The Morgan fingerprint density at radius 3 is 2.58 bits per heavy atom. The van der Waals surface area contributed by atoms with Crippen molar-refractivity contribution in [3.8, 4) is 11.1 Å². The van der Waals surface area contributed by atoms with E-state index in [1.165, 1.54) is 21.4 Å². The third-order valence-electron chi connectivity index (χ3n) is 5.56. The van der Waals surface area contributed by atoms with E-state index in [-0.39, 0.29) is 23.1 Å². The molecule has 0 saturated carbocycles. The number of aliphatic hydroxyl groups is 1. The quantitative estimate of drug-likeness (QED) is 0.807. The second-order valence-corrected chi connectivity index (χ2v) is 7.85. The molecule has 1 heterocycles. The zero-order valence-corrected chi connectivity index (χ0v) is 15.5. The lowest BCUT2D eigenvalue weighted by molar-refractivity contribution is -0.0964. The van der Waals surface area contributed by atoms with Crippen molar-refractivity contribution in [1.82, 2.24) is 4.90 Å². The van der Waals surface area contributed by atoms with Crippen molar-refractivity contribution in [3.63, 3.8) is 0 Å². The molecule has 3 atom stereocenters. The number of hydrogen-bond donors (Lipinski definition) is 1. The molecule has 1 aliphatic carbocycles. The van der Waals surface area contributed by atoms with Crippen molar-refractivity contribution >= 4 is 15.1 Å². The summed E-state index contributed by atoms with van der Waals surface area (Å²) in [6.45, 7) is 2.66. The topological polar surface area (TPSA) is 40.5 Å². The van der Waals surface area contributed by atoms with Crippen LogP contribution in [0.2, 0.25) is 0 Å². The van der Waals surface area contributed by atoms with Gasteiger partial charge in [0.15, 0.2) is 5.60 Å². The van der Waals surface area contributed by atoms with Crippen LogP contribution in [0.3, 0.4) is 0 Å². The monoisotopic (exact) mass is 375 g/mol. The Morgan fingerprint density at radius 1 is 1.23 bits per heavy atom. The zero-order valence-electron chi connectivity index (χ0n) is 14.4. The molecule has 0 bridgehead atoms. The van der Waals surface area contributed by atoms with Gasteiger partial charge in [-0.15, -0.1) is 0 Å². The maximum Gasteiger partial charge on any atom is 0.295 e. The van der Waals surface area contributed by atoms with Crippen LogP contribution in [0.1, 0.15) is 41.3 Å². The summed E-state index contributed by atoms with van der Waals surface area (Å²) in [5, 5.41) is 11.1. The first kappa shape index (κ1) is 17.6. The number of amides is 1. The Balaban J connectivity index is 1.87. The van der Waals surface area contributed by atoms with E-state index in [1.807, 2.05) is 6.92 Å². The van der Waals surface area contributed by atoms with Gasteiger partial charge in [-0.3, -0.25) is 4.79 Å². The van der Waals surface area contributed by atoms with E-state index in [0.29, 0.717) is 23.2 Å². The molecule has 1 N–H and O–H groups in total. The number of nitrogens with zero attached hydrogens (tertiary/aromatic N) is 1. The number of rotatable bonds is 2. The minimum absolute atomic E-state index is 0.0800. The van der Waals surface area contributed by atoms with Gasteiger partial charge in [0, 0.05) is 29.3 Å². The van der Waals surface area contributed by atoms with Gasteiger partial charge in [-0.2, -0.15) is 8.78 Å². The van der Waals surface area contributed by atoms with Crippen molar-refractivity contribution in [2.45, 2.75) is 37.1 Å². The summed E-state index contributed by atoms with van der Waals surface area (Å²) < 4.78 is 29.0. The third kappa shape index (κ3) is 2.34. The van der Waals surface area contributed by atoms with Gasteiger partial charge in [0.2, 0.25) is 0 Å². The molecule has 2 aromatic rings. The summed E-state index contributed by atoms with van der Waals surface area (Å²) in [5.74, 6) is -0.178. The molecule has 0 radical (unpaired) electrons. The Morgan fingerprint density at radius 2 is 1.92 bits per heavy atom. The molecule has 1 amide bonds. The first-order chi connectivity index (χ1) is 12.2. The predicted octanol–water partition coefficient (Wildman–Crippen LogP) is 4.00. The normalized spacial score (nSPS) is 24.5. The minimum atomic E-state index is -3.48. The van der Waals surface area contributed by atoms with Crippen molar-refractivity contribution in [2.24, 2.45) is 0 Å². The molecule has 6 heteroatoms. The number of likely N-dealkylation sites (tertiary alicyclic amines) is 1. The average Bonchev–Trinajstić information content (AvgIpc) is 3.15. The van der Waals surface area contributed by atoms with Gasteiger partial charge < -0.3 is 10.0 Å². The maximum absolute atomic E-state index is 14.5. The van der Waals surface area contributed by atoms with Crippen LogP contribution in [0.15, 0.2) is 42.5 Å². The minimum Gasteiger partial charge on any atom is -0.374 e. The first-order valence-corrected chi connectivity index (χ1v) is 9.27. The number of fused-ring (bicyclic) bond motifs is 3. The molecule has 136 valence electrons. The summed E-state index contributed by atoms with van der Waals surface area (Å²) in [7, 11) is 1.45. The fourth-order valence-corrected chi connectivity index (χ4v) is 4.46. The van der Waals surface area contributed by atoms with Crippen LogP contribution in [0.5, 0.6) is 0 Å². The molecule has 3 unspecified atom stereocenters. The highest BCUT2D eigenvalue weighted by atomic mass is 31.0. The van der Waals surface area contributed by atoms with Gasteiger partial charge in [-0.1, -0.05) is 39.6 Å². The summed E-state index contributed by atoms with van der Waals surface area (Å²) in [6.07, 6.45) is 1.88. The molecule has 26 heavy (non-hydrogen) atoms. The van der Waals surface area contributed by atoms with Gasteiger partial charge in [-0.25, -0.2) is 0 Å². The van der Waals surface area contributed by atoms with Crippen LogP contribution < -0.4 is 0 Å². The van der Waals surface area contributed by atoms with Gasteiger partial charge in [0.25, 0.3) is 11.6 Å². The highest BCUT2D eigenvalue weighted by Gasteiger charge is 2.57. The lowest BCUT2D eigenvalue weighted by Crippen LogP contribution is -2.40. The molecule has 0 spiro atoms. The highest BCUT2D eigenvalue weighted by Crippen LogP contribution is 2.56. The largest absolute Gasteiger partial charge is 0.374 e. The fraction of sp³-hybridized carbons (Fsp3) is 0.350. The first-order valence-electron chi connectivity index (χ1n) is 8.69. The van der Waals surface area contributed by atoms with Crippen LogP contribution in [-0.4, -0.2) is 34.2 Å². The van der Waals surface area contributed by atoms with Crippen molar-refractivity contribution in [1.29, 1.82) is 0 Å². The SMILES string of the molecule is CC1CCCN1C(=O)c1ccc2c(c1)C(O)(C(F)(F)P)c1ccccc1-2. The molecule has 3 nitrogen and oxygen atoms in total.